The van der Waals surface area contributed by atoms with Crippen molar-refractivity contribution < 1.29 is 9.39 Å². The highest BCUT2D eigenvalue weighted by atomic mass is 16.5. The molecule has 0 saturated carbocycles. The lowest BCUT2D eigenvalue weighted by molar-refractivity contribution is 0.282. The Kier molecular flexibility index (Phi) is 5.25. The van der Waals surface area contributed by atoms with E-state index in [9.17, 15) is 0 Å². The fourth-order valence-electron chi connectivity index (χ4n) is 2.08. The molecule has 0 unspecified atom stereocenters. The van der Waals surface area contributed by atoms with Crippen molar-refractivity contribution >= 4 is 17.8 Å². The predicted octanol–water partition coefficient (Wildman–Crippen LogP) is 2.47. The number of methoxy groups -OCH3 is 1. The van der Waals surface area contributed by atoms with Crippen LogP contribution < -0.4 is 15.7 Å². The Balaban J connectivity index is 2.25. The van der Waals surface area contributed by atoms with Gasteiger partial charge in [0.15, 0.2) is 0 Å². The second-order valence-electron chi connectivity index (χ2n) is 5.29. The Bertz CT molecular complexity index is 508. The monoisotopic (exact) mass is 268 g/mol. The number of hydrogen-bond donors (Lipinski definition) is 0. The van der Waals surface area contributed by atoms with Gasteiger partial charge in [0.05, 0.1) is 7.11 Å². The normalized spacial score (nSPS) is 10.6. The highest BCUT2D eigenvalue weighted by Crippen LogP contribution is 2.07. The lowest BCUT2D eigenvalue weighted by Crippen LogP contribution is -2.45. The van der Waals surface area contributed by atoms with Crippen molar-refractivity contribution in [1.82, 2.24) is 0 Å². The molecule has 104 valence electrons. The van der Waals surface area contributed by atoms with E-state index in [0.717, 1.165) is 17.8 Å². The average Bonchev–Trinajstić information content (AvgIpc) is 2.49. The van der Waals surface area contributed by atoms with E-state index in [1.165, 1.54) is 5.46 Å². The molecule has 0 amide bonds. The minimum atomic E-state index is -0.0236. The van der Waals surface area contributed by atoms with E-state index in [4.69, 9.17) is 9.39 Å². The van der Waals surface area contributed by atoms with Crippen LogP contribution in [0.15, 0.2) is 54.6 Å². The largest absolute Gasteiger partial charge is 0.497 e. The lowest BCUT2D eigenvalue weighted by Gasteiger charge is -2.17. The van der Waals surface area contributed by atoms with Crippen molar-refractivity contribution in [2.75, 3.05) is 13.7 Å². The smallest absolute Gasteiger partial charge is 0.361 e. The van der Waals surface area contributed by atoms with Crippen molar-refractivity contribution in [3.05, 3.63) is 54.6 Å². The maximum atomic E-state index is 6.11. The summed E-state index contributed by atoms with van der Waals surface area (Å²) in [5, 5.41) is 0. The van der Waals surface area contributed by atoms with Gasteiger partial charge in [-0.15, -0.1) is 0 Å². The van der Waals surface area contributed by atoms with Crippen LogP contribution in [0.1, 0.15) is 13.8 Å². The lowest BCUT2D eigenvalue weighted by atomic mass is 9.55. The Morgan fingerprint density at radius 2 is 1.50 bits per heavy atom. The van der Waals surface area contributed by atoms with Gasteiger partial charge in [0, 0.05) is 6.61 Å². The first-order valence-corrected chi connectivity index (χ1v) is 7.01. The molecule has 2 aromatic carbocycles. The molecule has 0 aliphatic heterocycles. The number of ether oxygens (including phenoxy) is 1. The van der Waals surface area contributed by atoms with E-state index in [0.29, 0.717) is 5.92 Å². The molecule has 0 radical (unpaired) electrons. The van der Waals surface area contributed by atoms with E-state index in [2.05, 4.69) is 38.1 Å². The van der Waals surface area contributed by atoms with Crippen molar-refractivity contribution in [3.63, 3.8) is 0 Å². The van der Waals surface area contributed by atoms with Crippen LogP contribution in [-0.4, -0.2) is 20.6 Å². The van der Waals surface area contributed by atoms with E-state index >= 15 is 0 Å². The molecule has 0 aromatic heterocycles. The third-order valence-corrected chi connectivity index (χ3v) is 3.12. The van der Waals surface area contributed by atoms with Gasteiger partial charge in [0.1, 0.15) is 5.75 Å². The number of benzene rings is 2. The van der Waals surface area contributed by atoms with Gasteiger partial charge < -0.3 is 9.39 Å². The third-order valence-electron chi connectivity index (χ3n) is 3.12. The van der Waals surface area contributed by atoms with Crippen molar-refractivity contribution in [1.29, 1.82) is 0 Å². The van der Waals surface area contributed by atoms with Crippen molar-refractivity contribution in [2.24, 2.45) is 5.92 Å². The van der Waals surface area contributed by atoms with Crippen LogP contribution in [0.25, 0.3) is 0 Å². The Morgan fingerprint density at radius 1 is 0.900 bits per heavy atom. The minimum Gasteiger partial charge on any atom is -0.497 e. The Labute approximate surface area is 121 Å². The highest BCUT2D eigenvalue weighted by Gasteiger charge is 2.21. The van der Waals surface area contributed by atoms with E-state index in [-0.39, 0.29) is 6.92 Å². The fourth-order valence-corrected chi connectivity index (χ4v) is 2.08. The highest BCUT2D eigenvalue weighted by molar-refractivity contribution is 6.80. The zero-order valence-electron chi connectivity index (χ0n) is 12.4. The van der Waals surface area contributed by atoms with Gasteiger partial charge in [-0.25, -0.2) is 0 Å². The third kappa shape index (κ3) is 3.88. The first-order valence-electron chi connectivity index (χ1n) is 7.01. The van der Waals surface area contributed by atoms with Crippen LogP contribution in [0, 0.1) is 5.92 Å². The number of rotatable bonds is 6. The molecule has 0 fully saturated rings. The molecule has 0 spiro atoms. The second-order valence-corrected chi connectivity index (χ2v) is 5.29. The Morgan fingerprint density at radius 3 is 2.05 bits per heavy atom. The maximum absolute atomic E-state index is 6.11. The van der Waals surface area contributed by atoms with Crippen molar-refractivity contribution in [3.8, 4) is 5.75 Å². The van der Waals surface area contributed by atoms with E-state index in [1.54, 1.807) is 7.11 Å². The van der Waals surface area contributed by atoms with Gasteiger partial charge in [-0.3, -0.25) is 0 Å². The van der Waals surface area contributed by atoms with Crippen LogP contribution in [0.3, 0.4) is 0 Å². The molecule has 0 aliphatic carbocycles. The molecule has 0 bridgehead atoms. The zero-order chi connectivity index (χ0) is 14.4. The van der Waals surface area contributed by atoms with Crippen LogP contribution >= 0.6 is 0 Å². The molecule has 0 aliphatic rings. The van der Waals surface area contributed by atoms with Crippen LogP contribution in [-0.2, 0) is 4.65 Å². The quantitative estimate of drug-likeness (QED) is 0.749. The van der Waals surface area contributed by atoms with Gasteiger partial charge in [0.25, 0.3) is 0 Å². The molecular formula is C17H21BO2. The van der Waals surface area contributed by atoms with Gasteiger partial charge in [0.2, 0.25) is 0 Å². The first-order chi connectivity index (χ1) is 9.70. The molecule has 0 heterocycles. The molecule has 3 heteroatoms. The van der Waals surface area contributed by atoms with E-state index < -0.39 is 0 Å². The van der Waals surface area contributed by atoms with Crippen LogP contribution in [0.2, 0.25) is 0 Å². The summed E-state index contributed by atoms with van der Waals surface area (Å²) in [5.74, 6) is 1.38. The Hall–Kier alpha value is -1.74. The standard InChI is InChI=1S/C17H21BO2/c1-14(2)13-20-18(15-7-5-4-6-8-15)16-9-11-17(19-3)12-10-16/h4-12,14H,13H2,1-3H3. The maximum Gasteiger partial charge on any atom is 0.361 e. The summed E-state index contributed by atoms with van der Waals surface area (Å²) < 4.78 is 11.3. The summed E-state index contributed by atoms with van der Waals surface area (Å²) in [7, 11) is 1.68. The molecular weight excluding hydrogens is 247 g/mol. The fraction of sp³-hybridized carbons (Fsp3) is 0.294. The van der Waals surface area contributed by atoms with E-state index in [1.807, 2.05) is 30.3 Å². The number of hydrogen-bond acceptors (Lipinski definition) is 2. The molecule has 20 heavy (non-hydrogen) atoms. The summed E-state index contributed by atoms with van der Waals surface area (Å²) in [5.41, 5.74) is 2.33. The van der Waals surface area contributed by atoms with Crippen LogP contribution in [0.5, 0.6) is 5.75 Å². The van der Waals surface area contributed by atoms with Gasteiger partial charge >= 0.3 is 6.92 Å². The summed E-state index contributed by atoms with van der Waals surface area (Å²) in [6, 6.07) is 18.4. The topological polar surface area (TPSA) is 18.5 Å². The van der Waals surface area contributed by atoms with Gasteiger partial charge in [-0.2, -0.15) is 0 Å². The molecule has 2 rings (SSSR count). The summed E-state index contributed by atoms with van der Waals surface area (Å²) in [6.45, 7) is 5.04. The first kappa shape index (κ1) is 14.7. The predicted molar refractivity (Wildman–Crippen MR) is 85.2 cm³/mol. The van der Waals surface area contributed by atoms with Crippen LogP contribution in [0.4, 0.5) is 0 Å². The van der Waals surface area contributed by atoms with Crippen molar-refractivity contribution in [2.45, 2.75) is 13.8 Å². The van der Waals surface area contributed by atoms with Gasteiger partial charge in [-0.1, -0.05) is 56.3 Å². The SMILES string of the molecule is COc1ccc(B(OCC(C)C)c2ccccc2)cc1. The molecule has 0 saturated heterocycles. The summed E-state index contributed by atoms with van der Waals surface area (Å²) >= 11 is 0. The molecule has 2 aromatic rings. The minimum absolute atomic E-state index is 0.0236. The molecule has 0 atom stereocenters. The van der Waals surface area contributed by atoms with Gasteiger partial charge in [-0.05, 0) is 29.0 Å². The second kappa shape index (κ2) is 7.16. The zero-order valence-corrected chi connectivity index (χ0v) is 12.4. The summed E-state index contributed by atoms with van der Waals surface area (Å²) in [6.07, 6.45) is 0. The average molecular weight is 268 g/mol. The molecule has 2 nitrogen and oxygen atoms in total. The molecule has 0 N–H and O–H groups in total. The summed E-state index contributed by atoms with van der Waals surface area (Å²) in [4.78, 5) is 0.